The van der Waals surface area contributed by atoms with Crippen LogP contribution in [-0.4, -0.2) is 37.0 Å². The molecule has 0 aromatic heterocycles. The van der Waals surface area contributed by atoms with Gasteiger partial charge in [0.15, 0.2) is 0 Å². The third kappa shape index (κ3) is 3.86. The Hall–Kier alpha value is -1.26. The van der Waals surface area contributed by atoms with Crippen LogP contribution in [-0.2, 0) is 11.2 Å². The monoisotopic (exact) mass is 352 g/mol. The Morgan fingerprint density at radius 1 is 1.42 bits per heavy atom. The zero-order valence-electron chi connectivity index (χ0n) is 14.7. The SMILES string of the molecule is COc1ccc2c(c1)CCCC2CC(=O)N1CC(CN)CC1C.Cl. The molecule has 2 aliphatic rings. The average Bonchev–Trinajstić information content (AvgIpc) is 2.95. The summed E-state index contributed by atoms with van der Waals surface area (Å²) in [6.45, 7) is 3.66. The highest BCUT2D eigenvalue weighted by Gasteiger charge is 2.33. The number of benzene rings is 1. The van der Waals surface area contributed by atoms with Crippen molar-refractivity contribution in [3.63, 3.8) is 0 Å². The molecule has 134 valence electrons. The Kier molecular flexibility index (Phi) is 6.53. The predicted octanol–water partition coefficient (Wildman–Crippen LogP) is 3.12. The average molecular weight is 353 g/mol. The fourth-order valence-electron chi connectivity index (χ4n) is 4.22. The summed E-state index contributed by atoms with van der Waals surface area (Å²) < 4.78 is 5.33. The molecule has 4 nitrogen and oxygen atoms in total. The number of carbonyl (C=O) groups excluding carboxylic acids is 1. The van der Waals surface area contributed by atoms with E-state index >= 15 is 0 Å². The van der Waals surface area contributed by atoms with Gasteiger partial charge in [-0.15, -0.1) is 12.4 Å². The number of amides is 1. The second-order valence-corrected chi connectivity index (χ2v) is 7.09. The van der Waals surface area contributed by atoms with Crippen LogP contribution in [0.25, 0.3) is 0 Å². The summed E-state index contributed by atoms with van der Waals surface area (Å²) in [5.41, 5.74) is 8.47. The molecule has 24 heavy (non-hydrogen) atoms. The van der Waals surface area contributed by atoms with Gasteiger partial charge in [-0.3, -0.25) is 4.79 Å². The number of nitrogens with two attached hydrogens (primary N) is 1. The van der Waals surface area contributed by atoms with Gasteiger partial charge in [0, 0.05) is 19.0 Å². The zero-order valence-corrected chi connectivity index (χ0v) is 15.5. The summed E-state index contributed by atoms with van der Waals surface area (Å²) in [4.78, 5) is 14.8. The minimum Gasteiger partial charge on any atom is -0.497 e. The lowest BCUT2D eigenvalue weighted by Gasteiger charge is -2.29. The number of halogens is 1. The first-order valence-corrected chi connectivity index (χ1v) is 8.78. The molecule has 3 rings (SSSR count). The quantitative estimate of drug-likeness (QED) is 0.905. The highest BCUT2D eigenvalue weighted by Crippen LogP contribution is 2.37. The minimum absolute atomic E-state index is 0. The highest BCUT2D eigenvalue weighted by molar-refractivity contribution is 5.85. The smallest absolute Gasteiger partial charge is 0.223 e. The molecular formula is C19H29ClN2O2. The highest BCUT2D eigenvalue weighted by atomic mass is 35.5. The van der Waals surface area contributed by atoms with E-state index in [1.165, 1.54) is 11.1 Å². The summed E-state index contributed by atoms with van der Waals surface area (Å²) in [5, 5.41) is 0. The Balaban J connectivity index is 0.00000208. The predicted molar refractivity (Wildman–Crippen MR) is 98.9 cm³/mol. The number of rotatable bonds is 4. The van der Waals surface area contributed by atoms with Crippen LogP contribution in [0.15, 0.2) is 18.2 Å². The van der Waals surface area contributed by atoms with Crippen molar-refractivity contribution in [3.05, 3.63) is 29.3 Å². The molecule has 1 amide bonds. The van der Waals surface area contributed by atoms with Gasteiger partial charge in [-0.1, -0.05) is 6.07 Å². The van der Waals surface area contributed by atoms with Gasteiger partial charge in [0.1, 0.15) is 5.75 Å². The van der Waals surface area contributed by atoms with Crippen molar-refractivity contribution >= 4 is 18.3 Å². The summed E-state index contributed by atoms with van der Waals surface area (Å²) >= 11 is 0. The van der Waals surface area contributed by atoms with Crippen LogP contribution in [0.3, 0.4) is 0 Å². The maximum Gasteiger partial charge on any atom is 0.223 e. The Morgan fingerprint density at radius 2 is 2.21 bits per heavy atom. The third-order valence-corrected chi connectivity index (χ3v) is 5.52. The van der Waals surface area contributed by atoms with E-state index < -0.39 is 0 Å². The summed E-state index contributed by atoms with van der Waals surface area (Å²) in [5.74, 6) is 2.02. The second kappa shape index (κ2) is 8.21. The first-order valence-electron chi connectivity index (χ1n) is 8.78. The standard InChI is InChI=1S/C19H28N2O2.ClH/c1-13-8-14(11-20)12-21(13)19(22)10-16-5-3-4-15-9-17(23-2)6-7-18(15)16;/h6-7,9,13-14,16H,3-5,8,10-12,20H2,1-2H3;1H. The first-order chi connectivity index (χ1) is 11.1. The van der Waals surface area contributed by atoms with Crippen molar-refractivity contribution in [2.75, 3.05) is 20.2 Å². The minimum atomic E-state index is 0. The fourth-order valence-corrected chi connectivity index (χ4v) is 4.22. The van der Waals surface area contributed by atoms with Crippen molar-refractivity contribution in [1.29, 1.82) is 0 Å². The topological polar surface area (TPSA) is 55.6 Å². The Bertz CT molecular complexity index is 578. The number of aryl methyl sites for hydroxylation is 1. The fraction of sp³-hybridized carbons (Fsp3) is 0.632. The van der Waals surface area contributed by atoms with Gasteiger partial charge in [0.2, 0.25) is 5.91 Å². The number of likely N-dealkylation sites (tertiary alicyclic amines) is 1. The van der Waals surface area contributed by atoms with E-state index in [0.717, 1.165) is 38.0 Å². The van der Waals surface area contributed by atoms with Gasteiger partial charge in [0.05, 0.1) is 7.11 Å². The Morgan fingerprint density at radius 3 is 2.88 bits per heavy atom. The van der Waals surface area contributed by atoms with Crippen LogP contribution < -0.4 is 10.5 Å². The van der Waals surface area contributed by atoms with Crippen molar-refractivity contribution in [2.24, 2.45) is 11.7 Å². The largest absolute Gasteiger partial charge is 0.497 e. The van der Waals surface area contributed by atoms with Crippen LogP contribution in [0.1, 0.15) is 49.7 Å². The molecule has 0 radical (unpaired) electrons. The molecule has 1 aliphatic carbocycles. The molecule has 1 aromatic rings. The van der Waals surface area contributed by atoms with E-state index in [9.17, 15) is 4.79 Å². The number of ether oxygens (including phenoxy) is 1. The van der Waals surface area contributed by atoms with Crippen LogP contribution >= 0.6 is 12.4 Å². The second-order valence-electron chi connectivity index (χ2n) is 7.09. The van der Waals surface area contributed by atoms with E-state index in [2.05, 4.69) is 24.0 Å². The number of hydrogen-bond acceptors (Lipinski definition) is 3. The molecule has 1 heterocycles. The van der Waals surface area contributed by atoms with Gasteiger partial charge in [-0.2, -0.15) is 0 Å². The molecule has 1 aliphatic heterocycles. The maximum atomic E-state index is 12.8. The summed E-state index contributed by atoms with van der Waals surface area (Å²) in [6, 6.07) is 6.64. The lowest BCUT2D eigenvalue weighted by Crippen LogP contribution is -2.35. The van der Waals surface area contributed by atoms with Gasteiger partial charge in [0.25, 0.3) is 0 Å². The molecule has 1 saturated heterocycles. The maximum absolute atomic E-state index is 12.8. The van der Waals surface area contributed by atoms with Crippen LogP contribution in [0, 0.1) is 5.92 Å². The van der Waals surface area contributed by atoms with Crippen molar-refractivity contribution in [2.45, 2.75) is 51.0 Å². The molecule has 5 heteroatoms. The first kappa shape index (κ1) is 19.1. The zero-order chi connectivity index (χ0) is 16.4. The molecular weight excluding hydrogens is 324 g/mol. The molecule has 3 unspecified atom stereocenters. The molecule has 1 fully saturated rings. The summed E-state index contributed by atoms with van der Waals surface area (Å²) in [7, 11) is 1.70. The van der Waals surface area contributed by atoms with Crippen molar-refractivity contribution in [3.8, 4) is 5.75 Å². The van der Waals surface area contributed by atoms with Crippen molar-refractivity contribution < 1.29 is 9.53 Å². The molecule has 1 aromatic carbocycles. The van der Waals surface area contributed by atoms with E-state index in [4.69, 9.17) is 10.5 Å². The van der Waals surface area contributed by atoms with E-state index in [1.54, 1.807) is 7.11 Å². The molecule has 0 spiro atoms. The van der Waals surface area contributed by atoms with Gasteiger partial charge >= 0.3 is 0 Å². The molecule has 0 saturated carbocycles. The van der Waals surface area contributed by atoms with Crippen LogP contribution in [0.5, 0.6) is 5.75 Å². The normalized spacial score (nSPS) is 25.8. The van der Waals surface area contributed by atoms with Gasteiger partial charge in [-0.05, 0) is 74.2 Å². The molecule has 3 atom stereocenters. The van der Waals surface area contributed by atoms with E-state index in [1.807, 2.05) is 6.07 Å². The third-order valence-electron chi connectivity index (χ3n) is 5.52. The lowest BCUT2D eigenvalue weighted by molar-refractivity contribution is -0.132. The molecule has 2 N–H and O–H groups in total. The number of hydrogen-bond donors (Lipinski definition) is 1. The van der Waals surface area contributed by atoms with E-state index in [0.29, 0.717) is 36.8 Å². The van der Waals surface area contributed by atoms with Gasteiger partial charge < -0.3 is 15.4 Å². The van der Waals surface area contributed by atoms with Crippen molar-refractivity contribution in [1.82, 2.24) is 4.90 Å². The number of methoxy groups -OCH3 is 1. The van der Waals surface area contributed by atoms with E-state index in [-0.39, 0.29) is 12.4 Å². The number of carbonyl (C=O) groups is 1. The lowest BCUT2D eigenvalue weighted by atomic mass is 9.80. The molecule has 0 bridgehead atoms. The van der Waals surface area contributed by atoms with Gasteiger partial charge in [-0.25, -0.2) is 0 Å². The van der Waals surface area contributed by atoms with Crippen LogP contribution in [0.2, 0.25) is 0 Å². The summed E-state index contributed by atoms with van der Waals surface area (Å²) in [6.07, 6.45) is 5.01. The number of fused-ring (bicyclic) bond motifs is 1. The van der Waals surface area contributed by atoms with Crippen LogP contribution in [0.4, 0.5) is 0 Å². The Labute approximate surface area is 151 Å². The number of nitrogens with zero attached hydrogens (tertiary/aromatic N) is 1.